The Balaban J connectivity index is 2.84. The van der Waals surface area contributed by atoms with Crippen LogP contribution in [0.3, 0.4) is 0 Å². The van der Waals surface area contributed by atoms with Gasteiger partial charge < -0.3 is 0 Å². The molecule has 3 aliphatic rings. The Bertz CT molecular complexity index is 1050. The van der Waals surface area contributed by atoms with Gasteiger partial charge in [0.2, 0.25) is 5.83 Å². The molecule has 0 amide bonds. The second-order valence-electron chi connectivity index (χ2n) is 7.86. The molecule has 0 heterocycles. The second kappa shape index (κ2) is 5.93. The summed E-state index contributed by atoms with van der Waals surface area (Å²) in [6, 6.07) is 0. The smallest absolute Gasteiger partial charge is 0.229 e. The maximum atomic E-state index is 15.3. The summed E-state index contributed by atoms with van der Waals surface area (Å²) in [5, 5.41) is 0. The zero-order valence-corrected chi connectivity index (χ0v) is 15.3. The molecule has 36 heavy (non-hydrogen) atoms. The molecule has 0 N–H and O–H groups in total. The lowest BCUT2D eigenvalue weighted by Gasteiger charge is -2.68. The van der Waals surface area contributed by atoms with Gasteiger partial charge in [-0.2, -0.15) is 70.2 Å². The van der Waals surface area contributed by atoms with Crippen molar-refractivity contribution in [1.82, 2.24) is 0 Å². The Morgan fingerprint density at radius 3 is 0.944 bits per heavy atom. The van der Waals surface area contributed by atoms with E-state index in [1.54, 1.807) is 0 Å². The lowest BCUT2D eigenvalue weighted by Crippen LogP contribution is -3.02. The molecule has 0 radical (unpaired) electrons. The van der Waals surface area contributed by atoms with Crippen LogP contribution in [0, 0.1) is 0 Å². The van der Waals surface area contributed by atoms with Crippen LogP contribution < -0.4 is 0 Å². The van der Waals surface area contributed by atoms with Crippen molar-refractivity contribution in [3.05, 3.63) is 11.7 Å². The Kier molecular flexibility index (Phi) is 4.74. The highest BCUT2D eigenvalue weighted by Crippen LogP contribution is 2.85. The number of alkyl halides is 20. The summed E-state index contributed by atoms with van der Waals surface area (Å²) in [7, 11) is 0. The van der Waals surface area contributed by atoms with E-state index in [9.17, 15) is 87.8 Å². The SMILES string of the molecule is FC1=C(F)C2(F)C(F)(F)C(F)(F)C3(F)C(F)(F)C(F)(F)C(F)(F)C(F)(F)C3(F)C2(F)C(F)(F)C1(F)F. The minimum Gasteiger partial charge on any atom is -0.229 e. The highest BCUT2D eigenvalue weighted by atomic mass is 19.4. The lowest BCUT2D eigenvalue weighted by molar-refractivity contribution is -0.553. The first-order chi connectivity index (χ1) is 15.3. The van der Waals surface area contributed by atoms with Gasteiger partial charge in [-0.3, -0.25) is 0 Å². The van der Waals surface area contributed by atoms with Crippen LogP contribution in [-0.4, -0.2) is 70.1 Å². The van der Waals surface area contributed by atoms with Gasteiger partial charge >= 0.3 is 47.4 Å². The van der Waals surface area contributed by atoms with Crippen LogP contribution in [-0.2, 0) is 0 Å². The van der Waals surface area contributed by atoms with Crippen molar-refractivity contribution in [1.29, 1.82) is 0 Å². The Hall–Kier alpha value is -1.80. The zero-order valence-electron chi connectivity index (χ0n) is 15.3. The van der Waals surface area contributed by atoms with Crippen LogP contribution in [0.2, 0.25) is 0 Å². The highest BCUT2D eigenvalue weighted by molar-refractivity contribution is 5.54. The lowest BCUT2D eigenvalue weighted by atomic mass is 9.45. The molecule has 2 saturated carbocycles. The fourth-order valence-corrected chi connectivity index (χ4v) is 4.38. The Morgan fingerprint density at radius 2 is 0.583 bits per heavy atom. The van der Waals surface area contributed by atoms with Crippen LogP contribution in [0.25, 0.3) is 0 Å². The van der Waals surface area contributed by atoms with Crippen molar-refractivity contribution >= 4 is 0 Å². The molecule has 0 spiro atoms. The largest absolute Gasteiger partial charge is 0.382 e. The first-order valence-electron chi connectivity index (χ1n) is 8.16. The van der Waals surface area contributed by atoms with Crippen LogP contribution >= 0.6 is 0 Å². The van der Waals surface area contributed by atoms with Crippen LogP contribution in [0.5, 0.6) is 0 Å². The van der Waals surface area contributed by atoms with Gasteiger partial charge in [0.05, 0.1) is 0 Å². The Labute approximate surface area is 179 Å². The summed E-state index contributed by atoms with van der Waals surface area (Å²) < 4.78 is 311. The molecule has 0 aromatic heterocycles. The van der Waals surface area contributed by atoms with Crippen LogP contribution in [0.1, 0.15) is 0 Å². The molecule has 0 aromatic carbocycles. The average Bonchev–Trinajstić information content (AvgIpc) is 2.71. The number of halogens is 22. The van der Waals surface area contributed by atoms with Gasteiger partial charge in [-0.1, -0.05) is 0 Å². The third kappa shape index (κ3) is 1.82. The van der Waals surface area contributed by atoms with Gasteiger partial charge in [0, 0.05) is 0 Å². The van der Waals surface area contributed by atoms with Crippen molar-refractivity contribution < 1.29 is 96.6 Å². The summed E-state index contributed by atoms with van der Waals surface area (Å²) in [6.45, 7) is 0. The third-order valence-electron chi connectivity index (χ3n) is 6.33. The quantitative estimate of drug-likeness (QED) is 0.266. The van der Waals surface area contributed by atoms with Gasteiger partial charge in [-0.25, -0.2) is 26.3 Å². The molecule has 4 atom stereocenters. The van der Waals surface area contributed by atoms with Gasteiger partial charge in [0.25, 0.3) is 22.7 Å². The Morgan fingerprint density at radius 1 is 0.278 bits per heavy atom. The first kappa shape index (κ1) is 28.8. The van der Waals surface area contributed by atoms with Crippen LogP contribution in [0.15, 0.2) is 11.7 Å². The minimum absolute atomic E-state index is 5.11. The second-order valence-corrected chi connectivity index (χ2v) is 7.86. The topological polar surface area (TPSA) is 0 Å². The average molecular weight is 586 g/mol. The van der Waals surface area contributed by atoms with Crippen molar-refractivity contribution in [3.63, 3.8) is 0 Å². The number of allylic oxidation sites excluding steroid dienone is 2. The van der Waals surface area contributed by atoms with Gasteiger partial charge in [-0.05, 0) is 0 Å². The summed E-state index contributed by atoms with van der Waals surface area (Å²) in [5.74, 6) is -80.1. The predicted octanol–water partition coefficient (Wildman–Crippen LogP) is 7.09. The van der Waals surface area contributed by atoms with E-state index in [1.807, 2.05) is 0 Å². The maximum Gasteiger partial charge on any atom is 0.382 e. The zero-order chi connectivity index (χ0) is 29.2. The monoisotopic (exact) mass is 586 g/mol. The first-order valence-corrected chi connectivity index (χ1v) is 8.16. The third-order valence-corrected chi connectivity index (χ3v) is 6.33. The van der Waals surface area contributed by atoms with E-state index in [0.29, 0.717) is 0 Å². The molecule has 0 bridgehead atoms. The van der Waals surface area contributed by atoms with E-state index in [4.69, 9.17) is 0 Å². The molecule has 210 valence electrons. The van der Waals surface area contributed by atoms with Gasteiger partial charge in [0.1, 0.15) is 0 Å². The number of rotatable bonds is 0. The summed E-state index contributed by atoms with van der Waals surface area (Å²) in [6.07, 6.45) is 0. The summed E-state index contributed by atoms with van der Waals surface area (Å²) in [4.78, 5) is 0. The molecular formula is C14F22. The van der Waals surface area contributed by atoms with Gasteiger partial charge in [0.15, 0.2) is 5.83 Å². The number of hydrogen-bond donors (Lipinski definition) is 0. The fraction of sp³-hybridized carbons (Fsp3) is 0.857. The number of hydrogen-bond acceptors (Lipinski definition) is 0. The van der Waals surface area contributed by atoms with Crippen LogP contribution in [0.4, 0.5) is 96.6 Å². The standard InChI is InChI=1S/C14F22/c15-1-2(16)4(18,19)9(25,26)5(20)3(1,17)8(23,24)11(29,30)7(22)6(5,21)10(27,28)13(33,34)14(35,36)12(7,31)32. The number of fused-ring (bicyclic) bond motifs is 3. The van der Waals surface area contributed by atoms with Crippen molar-refractivity contribution in [2.75, 3.05) is 0 Å². The molecule has 3 aliphatic carbocycles. The summed E-state index contributed by atoms with van der Waals surface area (Å²) >= 11 is 0. The van der Waals surface area contributed by atoms with Crippen molar-refractivity contribution in [3.8, 4) is 0 Å². The summed E-state index contributed by atoms with van der Waals surface area (Å²) in [5.41, 5.74) is -36.2. The predicted molar refractivity (Wildman–Crippen MR) is 64.2 cm³/mol. The molecule has 0 nitrogen and oxygen atoms in total. The van der Waals surface area contributed by atoms with E-state index in [-0.39, 0.29) is 0 Å². The van der Waals surface area contributed by atoms with Gasteiger partial charge in [-0.15, -0.1) is 0 Å². The molecule has 4 unspecified atom stereocenters. The maximum absolute atomic E-state index is 15.3. The molecule has 0 saturated heterocycles. The fourth-order valence-electron chi connectivity index (χ4n) is 4.38. The van der Waals surface area contributed by atoms with E-state index < -0.39 is 81.7 Å². The highest BCUT2D eigenvalue weighted by Gasteiger charge is 3.17. The molecule has 0 aliphatic heterocycles. The van der Waals surface area contributed by atoms with E-state index in [2.05, 4.69) is 0 Å². The molecular weight excluding hydrogens is 586 g/mol. The van der Waals surface area contributed by atoms with Crippen molar-refractivity contribution in [2.24, 2.45) is 0 Å². The van der Waals surface area contributed by atoms with Crippen molar-refractivity contribution in [2.45, 2.75) is 70.1 Å². The molecule has 22 heteroatoms. The van der Waals surface area contributed by atoms with E-state index in [0.717, 1.165) is 0 Å². The minimum atomic E-state index is -9.35. The molecule has 0 aromatic rings. The normalized spacial score (nSPS) is 46.5. The van der Waals surface area contributed by atoms with E-state index in [1.165, 1.54) is 0 Å². The molecule has 2 fully saturated rings. The van der Waals surface area contributed by atoms with E-state index >= 15 is 8.78 Å². The molecule has 3 rings (SSSR count).